The highest BCUT2D eigenvalue weighted by molar-refractivity contribution is 5.50. The van der Waals surface area contributed by atoms with Gasteiger partial charge < -0.3 is 10.6 Å². The molecule has 0 aromatic heterocycles. The van der Waals surface area contributed by atoms with Crippen molar-refractivity contribution in [3.63, 3.8) is 0 Å². The summed E-state index contributed by atoms with van der Waals surface area (Å²) in [5.41, 5.74) is 5.71. The second-order valence-electron chi connectivity index (χ2n) is 6.28. The van der Waals surface area contributed by atoms with Gasteiger partial charge in [-0.25, -0.2) is 0 Å². The van der Waals surface area contributed by atoms with Gasteiger partial charge in [-0.05, 0) is 60.5 Å². The van der Waals surface area contributed by atoms with Gasteiger partial charge in [-0.3, -0.25) is 0 Å². The van der Waals surface area contributed by atoms with E-state index < -0.39 is 0 Å². The number of fused-ring (bicyclic) bond motifs is 1. The Balaban J connectivity index is 1.55. The maximum absolute atomic E-state index is 3.59. The van der Waals surface area contributed by atoms with Gasteiger partial charge in [0.1, 0.15) is 0 Å². The molecular weight excluding hydrogens is 268 g/mol. The van der Waals surface area contributed by atoms with Gasteiger partial charge in [-0.2, -0.15) is 0 Å². The summed E-state index contributed by atoms with van der Waals surface area (Å²) in [6, 6.07) is 17.6. The maximum atomic E-state index is 3.59. The van der Waals surface area contributed by atoms with Crippen molar-refractivity contribution < 1.29 is 0 Å². The minimum absolute atomic E-state index is 0.601. The molecule has 0 radical (unpaired) electrons. The zero-order valence-electron chi connectivity index (χ0n) is 13.4. The lowest BCUT2D eigenvalue weighted by Gasteiger charge is -2.15. The third-order valence-electron chi connectivity index (χ3n) is 4.51. The van der Waals surface area contributed by atoms with E-state index in [9.17, 15) is 0 Å². The Morgan fingerprint density at radius 1 is 1.14 bits per heavy atom. The molecule has 3 rings (SSSR count). The van der Waals surface area contributed by atoms with Crippen LogP contribution in [0.3, 0.4) is 0 Å². The van der Waals surface area contributed by atoms with Crippen LogP contribution in [-0.2, 0) is 12.8 Å². The van der Waals surface area contributed by atoms with Crippen LogP contribution in [0.2, 0.25) is 0 Å². The molecule has 2 aromatic carbocycles. The molecule has 1 heterocycles. The lowest BCUT2D eigenvalue weighted by Crippen LogP contribution is -2.18. The van der Waals surface area contributed by atoms with Crippen LogP contribution >= 0.6 is 0 Å². The van der Waals surface area contributed by atoms with E-state index in [2.05, 4.69) is 66.1 Å². The van der Waals surface area contributed by atoms with E-state index >= 15 is 0 Å². The van der Waals surface area contributed by atoms with Crippen LogP contribution in [0, 0.1) is 0 Å². The predicted molar refractivity (Wildman–Crippen MR) is 94.7 cm³/mol. The molecule has 2 aromatic rings. The number of aryl methyl sites for hydroxylation is 1. The second-order valence-corrected chi connectivity index (χ2v) is 6.28. The van der Waals surface area contributed by atoms with Crippen LogP contribution < -0.4 is 10.6 Å². The molecule has 0 saturated carbocycles. The highest BCUT2D eigenvalue weighted by Crippen LogP contribution is 2.25. The third-order valence-corrected chi connectivity index (χ3v) is 4.51. The van der Waals surface area contributed by atoms with Crippen molar-refractivity contribution in [2.24, 2.45) is 0 Å². The number of anilines is 1. The van der Waals surface area contributed by atoms with Crippen LogP contribution in [0.25, 0.3) is 0 Å². The number of hydrogen-bond acceptors (Lipinski definition) is 2. The lowest BCUT2D eigenvalue weighted by atomic mass is 9.95. The summed E-state index contributed by atoms with van der Waals surface area (Å²) in [5.74, 6) is 0.601. The molecule has 2 nitrogen and oxygen atoms in total. The Morgan fingerprint density at radius 2 is 2.00 bits per heavy atom. The molecule has 1 aliphatic heterocycles. The van der Waals surface area contributed by atoms with E-state index in [0.717, 1.165) is 38.9 Å². The van der Waals surface area contributed by atoms with Crippen LogP contribution in [0.4, 0.5) is 5.69 Å². The molecule has 0 spiro atoms. The van der Waals surface area contributed by atoms with Gasteiger partial charge >= 0.3 is 0 Å². The molecule has 0 saturated heterocycles. The zero-order valence-corrected chi connectivity index (χ0v) is 13.4. The van der Waals surface area contributed by atoms with Crippen molar-refractivity contribution in [2.45, 2.75) is 32.1 Å². The molecule has 0 fully saturated rings. The Hall–Kier alpha value is -1.80. The fourth-order valence-electron chi connectivity index (χ4n) is 3.21. The van der Waals surface area contributed by atoms with Crippen LogP contribution in [0.1, 0.15) is 36.0 Å². The Bertz CT molecular complexity index is 592. The Kier molecular flexibility index (Phi) is 5.12. The summed E-state index contributed by atoms with van der Waals surface area (Å²) in [6.45, 7) is 5.53. The van der Waals surface area contributed by atoms with Crippen molar-refractivity contribution >= 4 is 5.69 Å². The molecule has 0 unspecified atom stereocenters. The monoisotopic (exact) mass is 294 g/mol. The molecule has 2 N–H and O–H groups in total. The largest absolute Gasteiger partial charge is 0.385 e. The van der Waals surface area contributed by atoms with E-state index in [1.807, 2.05) is 0 Å². The van der Waals surface area contributed by atoms with Crippen molar-refractivity contribution in [2.75, 3.05) is 25.0 Å². The predicted octanol–water partition coefficient (Wildman–Crippen LogP) is 3.98. The minimum Gasteiger partial charge on any atom is -0.385 e. The first kappa shape index (κ1) is 15.1. The average Bonchev–Trinajstić information content (AvgIpc) is 2.74. The van der Waals surface area contributed by atoms with Gasteiger partial charge in [0.15, 0.2) is 0 Å². The van der Waals surface area contributed by atoms with Crippen molar-refractivity contribution in [1.29, 1.82) is 0 Å². The Morgan fingerprint density at radius 3 is 2.86 bits per heavy atom. The van der Waals surface area contributed by atoms with Gasteiger partial charge in [-0.15, -0.1) is 0 Å². The molecule has 22 heavy (non-hydrogen) atoms. The molecule has 116 valence electrons. The van der Waals surface area contributed by atoms with Gasteiger partial charge in [-0.1, -0.05) is 43.3 Å². The zero-order chi connectivity index (χ0) is 15.2. The fraction of sp³-hybridized carbons (Fsp3) is 0.400. The summed E-state index contributed by atoms with van der Waals surface area (Å²) in [6.07, 6.45) is 3.45. The maximum Gasteiger partial charge on any atom is 0.0343 e. The Labute approximate surface area is 134 Å². The van der Waals surface area contributed by atoms with E-state index in [4.69, 9.17) is 0 Å². The van der Waals surface area contributed by atoms with E-state index in [1.165, 1.54) is 22.4 Å². The van der Waals surface area contributed by atoms with E-state index in [0.29, 0.717) is 5.92 Å². The minimum atomic E-state index is 0.601. The first-order valence-electron chi connectivity index (χ1n) is 8.44. The lowest BCUT2D eigenvalue weighted by molar-refractivity contribution is 0.644. The topological polar surface area (TPSA) is 24.1 Å². The van der Waals surface area contributed by atoms with Crippen LogP contribution in [0.15, 0.2) is 48.5 Å². The number of nitrogens with one attached hydrogen (secondary N) is 2. The third kappa shape index (κ3) is 3.89. The average molecular weight is 294 g/mol. The molecular formula is C20H26N2. The van der Waals surface area contributed by atoms with E-state index in [-0.39, 0.29) is 0 Å². The summed E-state index contributed by atoms with van der Waals surface area (Å²) in [4.78, 5) is 0. The van der Waals surface area contributed by atoms with Crippen LogP contribution in [0.5, 0.6) is 0 Å². The van der Waals surface area contributed by atoms with Crippen molar-refractivity contribution in [3.05, 3.63) is 65.2 Å². The second kappa shape index (κ2) is 7.46. The standard InChI is InChI=1S/C20H26N2/c1-16-15-21-13-11-18-9-10-19(14-20(16)18)22-12-5-8-17-6-3-2-4-7-17/h2-4,6-7,9-10,14,16,21-22H,5,8,11-13,15H2,1H3/t16-/m1/s1. The summed E-state index contributed by atoms with van der Waals surface area (Å²) < 4.78 is 0. The van der Waals surface area contributed by atoms with Crippen LogP contribution in [-0.4, -0.2) is 19.6 Å². The van der Waals surface area contributed by atoms with Gasteiger partial charge in [0.25, 0.3) is 0 Å². The first-order chi connectivity index (χ1) is 10.8. The van der Waals surface area contributed by atoms with E-state index in [1.54, 1.807) is 0 Å². The summed E-state index contributed by atoms with van der Waals surface area (Å²) in [5, 5.41) is 7.10. The molecule has 0 amide bonds. The SMILES string of the molecule is C[C@@H]1CNCCc2ccc(NCCCc3ccccc3)cc21. The molecule has 1 aliphatic rings. The highest BCUT2D eigenvalue weighted by atomic mass is 14.9. The van der Waals surface area contributed by atoms with Gasteiger partial charge in [0.2, 0.25) is 0 Å². The number of rotatable bonds is 5. The summed E-state index contributed by atoms with van der Waals surface area (Å²) >= 11 is 0. The molecule has 2 heteroatoms. The molecule has 0 aliphatic carbocycles. The van der Waals surface area contributed by atoms with Gasteiger partial charge in [0.05, 0.1) is 0 Å². The smallest absolute Gasteiger partial charge is 0.0343 e. The summed E-state index contributed by atoms with van der Waals surface area (Å²) in [7, 11) is 0. The fourth-order valence-corrected chi connectivity index (χ4v) is 3.21. The van der Waals surface area contributed by atoms with Crippen molar-refractivity contribution in [1.82, 2.24) is 5.32 Å². The first-order valence-corrected chi connectivity index (χ1v) is 8.44. The number of hydrogen-bond donors (Lipinski definition) is 2. The molecule has 0 bridgehead atoms. The number of benzene rings is 2. The van der Waals surface area contributed by atoms with Gasteiger partial charge in [0, 0.05) is 18.8 Å². The molecule has 1 atom stereocenters. The normalized spacial score (nSPS) is 17.6. The van der Waals surface area contributed by atoms with Crippen molar-refractivity contribution in [3.8, 4) is 0 Å². The quantitative estimate of drug-likeness (QED) is 0.815. The highest BCUT2D eigenvalue weighted by Gasteiger charge is 2.14.